The van der Waals surface area contributed by atoms with Gasteiger partial charge in [-0.05, 0) is 42.7 Å². The van der Waals surface area contributed by atoms with E-state index in [4.69, 9.17) is 4.74 Å². The standard InChI is InChI=1S/C18H20O2/c1-12-4-3-5-14(8-12)10-17(19)15-6-7-18-16(11-15)9-13(2)20-18/h3-8,11,13,17,19H,9-10H2,1-2H3. The molecule has 0 saturated carbocycles. The molecule has 0 amide bonds. The van der Waals surface area contributed by atoms with E-state index in [1.165, 1.54) is 16.7 Å². The third kappa shape index (κ3) is 2.70. The van der Waals surface area contributed by atoms with Crippen molar-refractivity contribution < 1.29 is 9.84 Å². The molecule has 0 bridgehead atoms. The number of hydrogen-bond acceptors (Lipinski definition) is 2. The molecule has 2 atom stereocenters. The van der Waals surface area contributed by atoms with Crippen LogP contribution in [0.1, 0.15) is 35.3 Å². The Hall–Kier alpha value is -1.80. The zero-order valence-electron chi connectivity index (χ0n) is 12.0. The van der Waals surface area contributed by atoms with Crippen molar-refractivity contribution in [2.75, 3.05) is 0 Å². The largest absolute Gasteiger partial charge is 0.490 e. The Kier molecular flexibility index (Phi) is 3.49. The first-order chi connectivity index (χ1) is 9.61. The monoisotopic (exact) mass is 268 g/mol. The summed E-state index contributed by atoms with van der Waals surface area (Å²) in [7, 11) is 0. The first-order valence-corrected chi connectivity index (χ1v) is 7.15. The van der Waals surface area contributed by atoms with E-state index in [9.17, 15) is 5.11 Å². The number of rotatable bonds is 3. The molecule has 2 aromatic rings. The topological polar surface area (TPSA) is 29.5 Å². The highest BCUT2D eigenvalue weighted by Gasteiger charge is 2.20. The van der Waals surface area contributed by atoms with Gasteiger partial charge in [0.25, 0.3) is 0 Å². The summed E-state index contributed by atoms with van der Waals surface area (Å²) in [6.45, 7) is 4.15. The minimum Gasteiger partial charge on any atom is -0.490 e. The fourth-order valence-corrected chi connectivity index (χ4v) is 2.83. The second-order valence-electron chi connectivity index (χ2n) is 5.71. The van der Waals surface area contributed by atoms with Crippen molar-refractivity contribution in [2.24, 2.45) is 0 Å². The lowest BCUT2D eigenvalue weighted by Crippen LogP contribution is -2.05. The predicted molar refractivity (Wildman–Crippen MR) is 80.1 cm³/mol. The van der Waals surface area contributed by atoms with Crippen LogP contribution in [-0.4, -0.2) is 11.2 Å². The van der Waals surface area contributed by atoms with Gasteiger partial charge in [-0.25, -0.2) is 0 Å². The molecule has 104 valence electrons. The average molecular weight is 268 g/mol. The molecule has 0 saturated heterocycles. The molecule has 2 unspecified atom stereocenters. The van der Waals surface area contributed by atoms with Crippen LogP contribution in [0.25, 0.3) is 0 Å². The number of hydrogen-bond donors (Lipinski definition) is 1. The van der Waals surface area contributed by atoms with E-state index >= 15 is 0 Å². The number of aliphatic hydroxyl groups is 1. The zero-order valence-corrected chi connectivity index (χ0v) is 12.0. The normalized spacial score (nSPS) is 18.4. The van der Waals surface area contributed by atoms with Gasteiger partial charge in [0, 0.05) is 12.8 Å². The Morgan fingerprint density at radius 1 is 1.25 bits per heavy atom. The Morgan fingerprint density at radius 3 is 2.90 bits per heavy atom. The van der Waals surface area contributed by atoms with E-state index in [1.54, 1.807) is 0 Å². The molecule has 1 aliphatic rings. The SMILES string of the molecule is Cc1cccc(CC(O)c2ccc3c(c2)CC(C)O3)c1. The van der Waals surface area contributed by atoms with Crippen LogP contribution in [0.15, 0.2) is 42.5 Å². The Labute approximate surface area is 120 Å². The van der Waals surface area contributed by atoms with E-state index < -0.39 is 6.10 Å². The van der Waals surface area contributed by atoms with Gasteiger partial charge in [0.15, 0.2) is 0 Å². The van der Waals surface area contributed by atoms with Crippen molar-refractivity contribution in [1.29, 1.82) is 0 Å². The highest BCUT2D eigenvalue weighted by atomic mass is 16.5. The third-order valence-corrected chi connectivity index (χ3v) is 3.82. The number of fused-ring (bicyclic) bond motifs is 1. The second-order valence-corrected chi connectivity index (χ2v) is 5.71. The lowest BCUT2D eigenvalue weighted by Gasteiger charge is -2.12. The maximum Gasteiger partial charge on any atom is 0.123 e. The maximum atomic E-state index is 10.4. The van der Waals surface area contributed by atoms with E-state index in [1.807, 2.05) is 18.2 Å². The summed E-state index contributed by atoms with van der Waals surface area (Å²) in [5, 5.41) is 10.4. The predicted octanol–water partition coefficient (Wildman–Crippen LogP) is 3.59. The number of benzene rings is 2. The third-order valence-electron chi connectivity index (χ3n) is 3.82. The van der Waals surface area contributed by atoms with Crippen LogP contribution in [0.4, 0.5) is 0 Å². The molecular weight excluding hydrogens is 248 g/mol. The molecule has 0 radical (unpaired) electrons. The lowest BCUT2D eigenvalue weighted by atomic mass is 9.98. The minimum atomic E-state index is -0.460. The van der Waals surface area contributed by atoms with Gasteiger partial charge >= 0.3 is 0 Å². The summed E-state index contributed by atoms with van der Waals surface area (Å²) < 4.78 is 5.69. The Balaban J connectivity index is 1.78. The van der Waals surface area contributed by atoms with E-state index in [-0.39, 0.29) is 6.10 Å². The quantitative estimate of drug-likeness (QED) is 0.921. The van der Waals surface area contributed by atoms with Gasteiger partial charge in [0.05, 0.1) is 6.10 Å². The molecular formula is C18H20O2. The van der Waals surface area contributed by atoms with Crippen LogP contribution < -0.4 is 4.74 Å². The first kappa shape index (κ1) is 13.2. The summed E-state index contributed by atoms with van der Waals surface area (Å²) in [4.78, 5) is 0. The van der Waals surface area contributed by atoms with Crippen molar-refractivity contribution in [3.05, 3.63) is 64.7 Å². The second kappa shape index (κ2) is 5.29. The molecule has 2 heteroatoms. The van der Waals surface area contributed by atoms with Crippen LogP contribution in [0, 0.1) is 6.92 Å². The molecule has 1 heterocycles. The van der Waals surface area contributed by atoms with Crippen molar-refractivity contribution in [1.82, 2.24) is 0 Å². The van der Waals surface area contributed by atoms with Gasteiger partial charge in [0.2, 0.25) is 0 Å². The fraction of sp³-hybridized carbons (Fsp3) is 0.333. The molecule has 0 aromatic heterocycles. The maximum absolute atomic E-state index is 10.4. The fourth-order valence-electron chi connectivity index (χ4n) is 2.83. The average Bonchev–Trinajstić information content (AvgIpc) is 2.77. The molecule has 1 N–H and O–H groups in total. The molecule has 0 fully saturated rings. The highest BCUT2D eigenvalue weighted by molar-refractivity contribution is 5.41. The lowest BCUT2D eigenvalue weighted by molar-refractivity contribution is 0.178. The zero-order chi connectivity index (χ0) is 14.1. The van der Waals surface area contributed by atoms with Crippen LogP contribution in [0.3, 0.4) is 0 Å². The van der Waals surface area contributed by atoms with Gasteiger partial charge in [0.1, 0.15) is 11.9 Å². The molecule has 0 spiro atoms. The van der Waals surface area contributed by atoms with E-state index in [2.05, 4.69) is 38.1 Å². The number of aryl methyl sites for hydroxylation is 1. The minimum absolute atomic E-state index is 0.245. The van der Waals surface area contributed by atoms with Crippen LogP contribution in [-0.2, 0) is 12.8 Å². The molecule has 1 aliphatic heterocycles. The summed E-state index contributed by atoms with van der Waals surface area (Å²) in [5.41, 5.74) is 4.58. The van der Waals surface area contributed by atoms with E-state index in [0.717, 1.165) is 17.7 Å². The van der Waals surface area contributed by atoms with Gasteiger partial charge in [-0.3, -0.25) is 0 Å². The molecule has 2 aromatic carbocycles. The van der Waals surface area contributed by atoms with Gasteiger partial charge in [-0.15, -0.1) is 0 Å². The van der Waals surface area contributed by atoms with Crippen molar-refractivity contribution in [2.45, 2.75) is 38.9 Å². The summed E-state index contributed by atoms with van der Waals surface area (Å²) in [6.07, 6.45) is 1.36. The van der Waals surface area contributed by atoms with Crippen LogP contribution in [0.5, 0.6) is 5.75 Å². The van der Waals surface area contributed by atoms with Gasteiger partial charge in [-0.1, -0.05) is 35.9 Å². The summed E-state index contributed by atoms with van der Waals surface area (Å²) >= 11 is 0. The molecule has 3 rings (SSSR count). The number of aliphatic hydroxyl groups excluding tert-OH is 1. The van der Waals surface area contributed by atoms with Crippen molar-refractivity contribution in [3.8, 4) is 5.75 Å². The molecule has 0 aliphatic carbocycles. The van der Waals surface area contributed by atoms with E-state index in [0.29, 0.717) is 6.42 Å². The summed E-state index contributed by atoms with van der Waals surface area (Å²) in [6, 6.07) is 14.3. The van der Waals surface area contributed by atoms with Crippen molar-refractivity contribution in [3.63, 3.8) is 0 Å². The summed E-state index contributed by atoms with van der Waals surface area (Å²) in [5.74, 6) is 0.962. The van der Waals surface area contributed by atoms with Gasteiger partial charge < -0.3 is 9.84 Å². The molecule has 2 nitrogen and oxygen atoms in total. The Morgan fingerprint density at radius 2 is 2.10 bits per heavy atom. The smallest absolute Gasteiger partial charge is 0.123 e. The Bertz CT molecular complexity index is 619. The van der Waals surface area contributed by atoms with Crippen molar-refractivity contribution >= 4 is 0 Å². The van der Waals surface area contributed by atoms with Crippen LogP contribution in [0.2, 0.25) is 0 Å². The number of ether oxygens (including phenoxy) is 1. The van der Waals surface area contributed by atoms with Crippen LogP contribution >= 0.6 is 0 Å². The molecule has 20 heavy (non-hydrogen) atoms. The highest BCUT2D eigenvalue weighted by Crippen LogP contribution is 2.31. The first-order valence-electron chi connectivity index (χ1n) is 7.15. The van der Waals surface area contributed by atoms with Gasteiger partial charge in [-0.2, -0.15) is 0 Å².